The Kier molecular flexibility index (Phi) is 4.81. The minimum Gasteiger partial charge on any atom is -0.321 e. The number of pyridine rings is 1. The van der Waals surface area contributed by atoms with Gasteiger partial charge >= 0.3 is 0 Å². The van der Waals surface area contributed by atoms with Crippen LogP contribution >= 0.6 is 11.3 Å². The number of hydrogen-bond acceptors (Lipinski definition) is 3. The van der Waals surface area contributed by atoms with E-state index in [9.17, 15) is 9.59 Å². The Labute approximate surface area is 178 Å². The number of thiophene rings is 1. The molecule has 2 heterocycles. The van der Waals surface area contributed by atoms with Crippen LogP contribution in [-0.2, 0) is 19.4 Å². The molecule has 5 rings (SSSR count). The zero-order valence-corrected chi connectivity index (χ0v) is 17.1. The lowest BCUT2D eigenvalue weighted by atomic mass is 9.91. The predicted molar refractivity (Wildman–Crippen MR) is 121 cm³/mol. The quantitative estimate of drug-likeness (QED) is 0.514. The Morgan fingerprint density at radius 3 is 2.53 bits per heavy atom. The van der Waals surface area contributed by atoms with Gasteiger partial charge in [-0.1, -0.05) is 42.5 Å². The van der Waals surface area contributed by atoms with Crippen LogP contribution in [-0.4, -0.2) is 10.5 Å². The summed E-state index contributed by atoms with van der Waals surface area (Å²) in [7, 11) is 0. The van der Waals surface area contributed by atoms with Crippen LogP contribution in [0.2, 0.25) is 0 Å². The lowest BCUT2D eigenvalue weighted by molar-refractivity contribution is 0.103. The van der Waals surface area contributed by atoms with Crippen LogP contribution in [0.3, 0.4) is 0 Å². The second kappa shape index (κ2) is 7.76. The molecule has 1 amide bonds. The minimum atomic E-state index is -0.0843. The summed E-state index contributed by atoms with van der Waals surface area (Å²) >= 11 is 1.56. The molecular weight excluding hydrogens is 392 g/mol. The van der Waals surface area contributed by atoms with Crippen molar-refractivity contribution < 1.29 is 4.79 Å². The Bertz CT molecular complexity index is 1290. The highest BCUT2D eigenvalue weighted by Crippen LogP contribution is 2.39. The average molecular weight is 413 g/mol. The summed E-state index contributed by atoms with van der Waals surface area (Å²) in [6, 6.07) is 23.2. The molecule has 0 saturated carbocycles. The molecule has 4 nitrogen and oxygen atoms in total. The number of carbonyl (C=O) groups excluding carboxylic acids is 1. The van der Waals surface area contributed by atoms with E-state index in [2.05, 4.69) is 29.6 Å². The molecule has 0 fully saturated rings. The number of rotatable bonds is 4. The van der Waals surface area contributed by atoms with Crippen molar-refractivity contribution in [2.24, 2.45) is 0 Å². The van der Waals surface area contributed by atoms with Gasteiger partial charge in [-0.15, -0.1) is 11.3 Å². The molecule has 4 aromatic rings. The van der Waals surface area contributed by atoms with Crippen LogP contribution in [0.15, 0.2) is 83.8 Å². The van der Waals surface area contributed by atoms with E-state index in [1.54, 1.807) is 34.2 Å². The number of fused-ring (bicyclic) bond motifs is 3. The first-order valence-electron chi connectivity index (χ1n) is 9.94. The molecule has 0 aliphatic heterocycles. The monoisotopic (exact) mass is 412 g/mol. The maximum absolute atomic E-state index is 12.8. The van der Waals surface area contributed by atoms with Gasteiger partial charge in [0, 0.05) is 22.8 Å². The van der Waals surface area contributed by atoms with E-state index in [0.717, 1.165) is 29.0 Å². The van der Waals surface area contributed by atoms with Crippen LogP contribution in [0.4, 0.5) is 5.69 Å². The minimum absolute atomic E-state index is 0.0295. The third-order valence-corrected chi connectivity index (χ3v) is 6.63. The molecule has 0 bridgehead atoms. The van der Waals surface area contributed by atoms with Gasteiger partial charge in [-0.25, -0.2) is 0 Å². The van der Waals surface area contributed by atoms with Crippen LogP contribution in [0.1, 0.15) is 26.4 Å². The topological polar surface area (TPSA) is 51.1 Å². The second-order valence-corrected chi connectivity index (χ2v) is 8.49. The first kappa shape index (κ1) is 18.6. The summed E-state index contributed by atoms with van der Waals surface area (Å²) in [5, 5.41) is 3.00. The summed E-state index contributed by atoms with van der Waals surface area (Å²) in [4.78, 5) is 26.6. The molecule has 2 aromatic carbocycles. The van der Waals surface area contributed by atoms with E-state index in [-0.39, 0.29) is 11.5 Å². The van der Waals surface area contributed by atoms with Crippen LogP contribution in [0.25, 0.3) is 10.4 Å². The summed E-state index contributed by atoms with van der Waals surface area (Å²) < 4.78 is 1.65. The number of aryl methyl sites for hydroxylation is 2. The molecule has 0 unspecified atom stereocenters. The highest BCUT2D eigenvalue weighted by atomic mass is 32.1. The molecule has 1 N–H and O–H groups in total. The summed E-state index contributed by atoms with van der Waals surface area (Å²) in [5.41, 5.74) is 5.58. The van der Waals surface area contributed by atoms with Crippen molar-refractivity contribution in [2.75, 3.05) is 5.32 Å². The smallest absolute Gasteiger partial charge is 0.265 e. The van der Waals surface area contributed by atoms with Crippen molar-refractivity contribution in [2.45, 2.75) is 19.4 Å². The second-order valence-electron chi connectivity index (χ2n) is 7.44. The first-order chi connectivity index (χ1) is 14.7. The van der Waals surface area contributed by atoms with E-state index in [0.29, 0.717) is 6.54 Å². The van der Waals surface area contributed by atoms with E-state index < -0.39 is 0 Å². The van der Waals surface area contributed by atoms with Gasteiger partial charge in [0.05, 0.1) is 11.4 Å². The Balaban J connectivity index is 1.31. The van der Waals surface area contributed by atoms with Gasteiger partial charge < -0.3 is 9.88 Å². The van der Waals surface area contributed by atoms with Crippen molar-refractivity contribution in [1.82, 2.24) is 4.57 Å². The maximum atomic E-state index is 12.8. The Morgan fingerprint density at radius 2 is 1.70 bits per heavy atom. The third-order valence-electron chi connectivity index (χ3n) is 5.42. The number of nitrogens with one attached hydrogen (secondary N) is 1. The largest absolute Gasteiger partial charge is 0.321 e. The molecule has 30 heavy (non-hydrogen) atoms. The fourth-order valence-corrected chi connectivity index (χ4v) is 5.02. The number of aromatic nitrogens is 1. The maximum Gasteiger partial charge on any atom is 0.265 e. The SMILES string of the molecule is O=C(Nc1ccc(Cn2ccccc2=O)cc1)c1cc2c(s1)-c1ccccc1CC2. The van der Waals surface area contributed by atoms with Crippen molar-refractivity contribution >= 4 is 22.9 Å². The lowest BCUT2D eigenvalue weighted by Crippen LogP contribution is -2.18. The van der Waals surface area contributed by atoms with Gasteiger partial charge in [-0.3, -0.25) is 9.59 Å². The van der Waals surface area contributed by atoms with E-state index >= 15 is 0 Å². The van der Waals surface area contributed by atoms with Gasteiger partial charge in [0.2, 0.25) is 0 Å². The summed E-state index contributed by atoms with van der Waals surface area (Å²) in [6.45, 7) is 0.505. The van der Waals surface area contributed by atoms with Gasteiger partial charge in [0.1, 0.15) is 0 Å². The van der Waals surface area contributed by atoms with Gasteiger partial charge in [0.25, 0.3) is 11.5 Å². The molecule has 0 radical (unpaired) electrons. The van der Waals surface area contributed by atoms with Gasteiger partial charge in [0.15, 0.2) is 0 Å². The number of nitrogens with zero attached hydrogens (tertiary/aromatic N) is 1. The Morgan fingerprint density at radius 1 is 0.933 bits per heavy atom. The average Bonchev–Trinajstić information content (AvgIpc) is 3.22. The summed E-state index contributed by atoms with van der Waals surface area (Å²) in [5.74, 6) is -0.0843. The normalized spacial score (nSPS) is 12.1. The third kappa shape index (κ3) is 3.60. The standard InChI is InChI=1S/C25H20N2O2S/c28-23-7-3-4-14-27(23)16-17-8-12-20(13-9-17)26-25(29)22-15-19-11-10-18-5-1-2-6-21(18)24(19)30-22/h1-9,12-15H,10-11,16H2,(H,26,29). The van der Waals surface area contributed by atoms with Crippen LogP contribution < -0.4 is 10.9 Å². The highest BCUT2D eigenvalue weighted by molar-refractivity contribution is 7.17. The molecule has 5 heteroatoms. The lowest BCUT2D eigenvalue weighted by Gasteiger charge is -2.15. The molecule has 148 valence electrons. The van der Waals surface area contributed by atoms with Gasteiger partial charge in [-0.2, -0.15) is 0 Å². The summed E-state index contributed by atoms with van der Waals surface area (Å²) in [6.07, 6.45) is 3.77. The van der Waals surface area contributed by atoms with Crippen LogP contribution in [0.5, 0.6) is 0 Å². The molecule has 0 saturated heterocycles. The molecule has 1 aliphatic carbocycles. The zero-order chi connectivity index (χ0) is 20.5. The number of carbonyl (C=O) groups is 1. The number of benzene rings is 2. The van der Waals surface area contributed by atoms with Crippen molar-refractivity contribution in [3.63, 3.8) is 0 Å². The van der Waals surface area contributed by atoms with Crippen molar-refractivity contribution in [1.29, 1.82) is 0 Å². The number of amides is 1. The first-order valence-corrected chi connectivity index (χ1v) is 10.8. The molecule has 0 spiro atoms. The van der Waals surface area contributed by atoms with E-state index in [1.165, 1.54) is 21.6 Å². The number of anilines is 1. The van der Waals surface area contributed by atoms with Crippen molar-refractivity contribution in [3.05, 3.63) is 111 Å². The van der Waals surface area contributed by atoms with E-state index in [4.69, 9.17) is 0 Å². The Hall–Kier alpha value is -3.44. The van der Waals surface area contributed by atoms with Gasteiger partial charge in [-0.05, 0) is 59.4 Å². The molecule has 0 atom stereocenters. The molecule has 1 aliphatic rings. The predicted octanol–water partition coefficient (Wildman–Crippen LogP) is 4.98. The number of hydrogen-bond donors (Lipinski definition) is 1. The van der Waals surface area contributed by atoms with E-state index in [1.807, 2.05) is 36.4 Å². The van der Waals surface area contributed by atoms with Crippen molar-refractivity contribution in [3.8, 4) is 10.4 Å². The zero-order valence-electron chi connectivity index (χ0n) is 16.3. The van der Waals surface area contributed by atoms with Crippen LogP contribution in [0, 0.1) is 0 Å². The highest BCUT2D eigenvalue weighted by Gasteiger charge is 2.21. The fourth-order valence-electron chi connectivity index (χ4n) is 3.86. The molecule has 2 aromatic heterocycles. The molecular formula is C25H20N2O2S. The fraction of sp³-hybridized carbons (Fsp3) is 0.120.